The SMILES string of the molecule is CCc1c(O)c(C)c(C)c2c1C(N)CC1(CCC1)O2. The summed E-state index contributed by atoms with van der Waals surface area (Å²) in [5.74, 6) is 1.35. The topological polar surface area (TPSA) is 55.5 Å². The van der Waals surface area contributed by atoms with Crippen molar-refractivity contribution in [3.05, 3.63) is 22.3 Å². The molecule has 3 rings (SSSR count). The number of nitrogens with two attached hydrogens (primary N) is 1. The standard InChI is InChI=1S/C16H23NO2/c1-4-11-13-12(17)8-16(6-5-7-16)19-15(13)10(3)9(2)14(11)18/h12,18H,4-8,17H2,1-3H3. The number of fused-ring (bicyclic) bond motifs is 1. The van der Waals surface area contributed by atoms with Crippen LogP contribution in [-0.4, -0.2) is 10.7 Å². The summed E-state index contributed by atoms with van der Waals surface area (Å²) >= 11 is 0. The Morgan fingerprint density at radius 2 is 2.00 bits per heavy atom. The molecule has 0 bridgehead atoms. The first-order valence-electron chi connectivity index (χ1n) is 7.28. The minimum Gasteiger partial charge on any atom is -0.507 e. The van der Waals surface area contributed by atoms with Gasteiger partial charge in [-0.15, -0.1) is 0 Å². The van der Waals surface area contributed by atoms with Gasteiger partial charge in [-0.05, 0) is 50.7 Å². The lowest BCUT2D eigenvalue weighted by atomic mass is 9.72. The highest BCUT2D eigenvalue weighted by Crippen LogP contribution is 2.52. The molecule has 1 unspecified atom stereocenters. The molecule has 0 aromatic heterocycles. The van der Waals surface area contributed by atoms with Gasteiger partial charge in [0.25, 0.3) is 0 Å². The lowest BCUT2D eigenvalue weighted by Gasteiger charge is -2.48. The van der Waals surface area contributed by atoms with Gasteiger partial charge in [0, 0.05) is 23.6 Å². The number of rotatable bonds is 1. The number of phenols is 1. The van der Waals surface area contributed by atoms with Gasteiger partial charge in [-0.2, -0.15) is 0 Å². The summed E-state index contributed by atoms with van der Waals surface area (Å²) in [6, 6.07) is -0.0100. The fourth-order valence-corrected chi connectivity index (χ4v) is 3.56. The number of hydrogen-bond acceptors (Lipinski definition) is 3. The highest BCUT2D eigenvalue weighted by molar-refractivity contribution is 5.60. The number of benzene rings is 1. The molecular formula is C16H23NO2. The van der Waals surface area contributed by atoms with Crippen molar-refractivity contribution < 1.29 is 9.84 Å². The molecular weight excluding hydrogens is 238 g/mol. The van der Waals surface area contributed by atoms with E-state index in [2.05, 4.69) is 6.92 Å². The predicted octanol–water partition coefficient (Wildman–Crippen LogP) is 3.28. The van der Waals surface area contributed by atoms with Crippen LogP contribution in [0.25, 0.3) is 0 Å². The van der Waals surface area contributed by atoms with E-state index >= 15 is 0 Å². The maximum absolute atomic E-state index is 10.3. The molecule has 1 aromatic rings. The van der Waals surface area contributed by atoms with E-state index in [0.717, 1.165) is 53.7 Å². The van der Waals surface area contributed by atoms with Crippen molar-refractivity contribution in [2.45, 2.75) is 64.5 Å². The first-order valence-corrected chi connectivity index (χ1v) is 7.28. The van der Waals surface area contributed by atoms with Crippen LogP contribution in [0.5, 0.6) is 11.5 Å². The van der Waals surface area contributed by atoms with Gasteiger partial charge in [-0.1, -0.05) is 6.92 Å². The lowest BCUT2D eigenvalue weighted by Crippen LogP contribution is -2.48. The van der Waals surface area contributed by atoms with E-state index in [1.165, 1.54) is 6.42 Å². The van der Waals surface area contributed by atoms with Crippen LogP contribution in [0.2, 0.25) is 0 Å². The van der Waals surface area contributed by atoms with E-state index in [1.54, 1.807) is 0 Å². The molecule has 1 saturated carbocycles. The molecule has 0 radical (unpaired) electrons. The van der Waals surface area contributed by atoms with Gasteiger partial charge in [0.05, 0.1) is 0 Å². The Balaban J connectivity index is 2.20. The molecule has 1 aromatic carbocycles. The predicted molar refractivity (Wildman–Crippen MR) is 75.7 cm³/mol. The van der Waals surface area contributed by atoms with Crippen LogP contribution in [0.4, 0.5) is 0 Å². The molecule has 3 nitrogen and oxygen atoms in total. The summed E-state index contributed by atoms with van der Waals surface area (Å²) in [5, 5.41) is 10.3. The van der Waals surface area contributed by atoms with Gasteiger partial charge in [-0.3, -0.25) is 0 Å². The zero-order valence-corrected chi connectivity index (χ0v) is 12.0. The Hall–Kier alpha value is -1.22. The Morgan fingerprint density at radius 1 is 1.32 bits per heavy atom. The van der Waals surface area contributed by atoms with Crippen LogP contribution in [0.15, 0.2) is 0 Å². The van der Waals surface area contributed by atoms with E-state index in [9.17, 15) is 5.11 Å². The highest BCUT2D eigenvalue weighted by atomic mass is 16.5. The first-order chi connectivity index (χ1) is 8.99. The molecule has 1 heterocycles. The fraction of sp³-hybridized carbons (Fsp3) is 0.625. The smallest absolute Gasteiger partial charge is 0.128 e. The maximum atomic E-state index is 10.3. The number of aromatic hydroxyl groups is 1. The number of ether oxygens (including phenoxy) is 1. The number of hydrogen-bond donors (Lipinski definition) is 2. The van der Waals surface area contributed by atoms with Gasteiger partial charge in [0.1, 0.15) is 17.1 Å². The summed E-state index contributed by atoms with van der Waals surface area (Å²) in [7, 11) is 0. The van der Waals surface area contributed by atoms with Crippen LogP contribution in [0, 0.1) is 13.8 Å². The van der Waals surface area contributed by atoms with Gasteiger partial charge in [0.15, 0.2) is 0 Å². The molecule has 19 heavy (non-hydrogen) atoms. The van der Waals surface area contributed by atoms with E-state index in [0.29, 0.717) is 5.75 Å². The van der Waals surface area contributed by atoms with Crippen molar-refractivity contribution in [1.82, 2.24) is 0 Å². The highest BCUT2D eigenvalue weighted by Gasteiger charge is 2.46. The maximum Gasteiger partial charge on any atom is 0.128 e. The van der Waals surface area contributed by atoms with Crippen molar-refractivity contribution in [2.75, 3.05) is 0 Å². The average Bonchev–Trinajstić information content (AvgIpc) is 2.35. The normalized spacial score (nSPS) is 23.7. The second-order valence-electron chi connectivity index (χ2n) is 6.12. The van der Waals surface area contributed by atoms with Crippen molar-refractivity contribution >= 4 is 0 Å². The third kappa shape index (κ3) is 1.68. The van der Waals surface area contributed by atoms with Gasteiger partial charge < -0.3 is 15.6 Å². The average molecular weight is 261 g/mol. The van der Waals surface area contributed by atoms with Crippen LogP contribution in [-0.2, 0) is 6.42 Å². The van der Waals surface area contributed by atoms with Crippen LogP contribution in [0.3, 0.4) is 0 Å². The zero-order valence-electron chi connectivity index (χ0n) is 12.0. The van der Waals surface area contributed by atoms with Gasteiger partial charge in [-0.25, -0.2) is 0 Å². The van der Waals surface area contributed by atoms with Crippen LogP contribution < -0.4 is 10.5 Å². The summed E-state index contributed by atoms with van der Waals surface area (Å²) in [6.07, 6.45) is 5.13. The second kappa shape index (κ2) is 4.14. The van der Waals surface area contributed by atoms with Crippen LogP contribution in [0.1, 0.15) is 60.9 Å². The van der Waals surface area contributed by atoms with Gasteiger partial charge >= 0.3 is 0 Å². The molecule has 1 spiro atoms. The lowest BCUT2D eigenvalue weighted by molar-refractivity contribution is -0.0338. The van der Waals surface area contributed by atoms with E-state index in [4.69, 9.17) is 10.5 Å². The number of phenolic OH excluding ortho intramolecular Hbond substituents is 1. The molecule has 0 saturated heterocycles. The van der Waals surface area contributed by atoms with E-state index in [-0.39, 0.29) is 11.6 Å². The summed E-state index contributed by atoms with van der Waals surface area (Å²) in [5.41, 5.74) is 10.4. The quantitative estimate of drug-likeness (QED) is 0.815. The first kappa shape index (κ1) is 12.8. The Bertz CT molecular complexity index is 532. The molecule has 2 aliphatic rings. The van der Waals surface area contributed by atoms with E-state index < -0.39 is 0 Å². The molecule has 0 amide bonds. The molecule has 104 valence electrons. The molecule has 1 aliphatic heterocycles. The summed E-state index contributed by atoms with van der Waals surface area (Å²) in [4.78, 5) is 0. The molecule has 3 heteroatoms. The Kier molecular flexibility index (Phi) is 2.79. The Labute approximate surface area is 114 Å². The zero-order chi connectivity index (χ0) is 13.8. The third-order valence-electron chi connectivity index (χ3n) is 5.01. The third-order valence-corrected chi connectivity index (χ3v) is 5.01. The molecule has 1 aliphatic carbocycles. The largest absolute Gasteiger partial charge is 0.507 e. The summed E-state index contributed by atoms with van der Waals surface area (Å²) in [6.45, 7) is 6.04. The monoisotopic (exact) mass is 261 g/mol. The van der Waals surface area contributed by atoms with Crippen molar-refractivity contribution in [3.8, 4) is 11.5 Å². The molecule has 3 N–H and O–H groups in total. The minimum absolute atomic E-state index is 0.0100. The van der Waals surface area contributed by atoms with Crippen molar-refractivity contribution in [1.29, 1.82) is 0 Å². The molecule has 1 fully saturated rings. The second-order valence-corrected chi connectivity index (χ2v) is 6.12. The van der Waals surface area contributed by atoms with Crippen LogP contribution >= 0.6 is 0 Å². The Morgan fingerprint density at radius 3 is 2.53 bits per heavy atom. The summed E-state index contributed by atoms with van der Waals surface area (Å²) < 4.78 is 6.34. The van der Waals surface area contributed by atoms with Crippen molar-refractivity contribution in [3.63, 3.8) is 0 Å². The molecule has 1 atom stereocenters. The van der Waals surface area contributed by atoms with E-state index in [1.807, 2.05) is 13.8 Å². The van der Waals surface area contributed by atoms with Crippen molar-refractivity contribution in [2.24, 2.45) is 5.73 Å². The fourth-order valence-electron chi connectivity index (χ4n) is 3.56. The minimum atomic E-state index is -0.0222. The van der Waals surface area contributed by atoms with Gasteiger partial charge in [0.2, 0.25) is 0 Å².